The van der Waals surface area contributed by atoms with Crippen molar-refractivity contribution in [1.82, 2.24) is 4.90 Å². The Morgan fingerprint density at radius 2 is 1.70 bits per heavy atom. The van der Waals surface area contributed by atoms with Crippen molar-refractivity contribution >= 4 is 5.91 Å². The second kappa shape index (κ2) is 9.67. The standard InChI is InChI=1S/C23H30N2O2/c1-19-7-9-21(10-8-19)17-24-13-11-22(12-14-24)23(27)25(15-16-26)18-20-5-3-2-4-6-20/h2-10,22,26H,11-18H2,1H3/p+1. The Labute approximate surface area is 162 Å². The molecule has 1 aliphatic heterocycles. The van der Waals surface area contributed by atoms with Gasteiger partial charge in [-0.2, -0.15) is 0 Å². The van der Waals surface area contributed by atoms with Crippen LogP contribution in [0.25, 0.3) is 0 Å². The van der Waals surface area contributed by atoms with Crippen LogP contribution in [0.1, 0.15) is 29.5 Å². The third kappa shape index (κ3) is 5.65. The van der Waals surface area contributed by atoms with Crippen LogP contribution in [-0.2, 0) is 17.9 Å². The van der Waals surface area contributed by atoms with Gasteiger partial charge in [-0.3, -0.25) is 4.79 Å². The Morgan fingerprint density at radius 1 is 1.04 bits per heavy atom. The van der Waals surface area contributed by atoms with Gasteiger partial charge < -0.3 is 14.9 Å². The number of aliphatic hydroxyl groups is 1. The maximum Gasteiger partial charge on any atom is 0.226 e. The Bertz CT molecular complexity index is 707. The number of aryl methyl sites for hydroxylation is 1. The molecule has 0 aromatic heterocycles. The normalized spacial score (nSPS) is 19.6. The first-order valence-corrected chi connectivity index (χ1v) is 9.98. The number of nitrogens with one attached hydrogen (secondary N) is 1. The highest BCUT2D eigenvalue weighted by molar-refractivity contribution is 5.79. The lowest BCUT2D eigenvalue weighted by atomic mass is 9.94. The van der Waals surface area contributed by atoms with Gasteiger partial charge in [0.1, 0.15) is 6.54 Å². The maximum absolute atomic E-state index is 13.0. The number of quaternary nitrogens is 1. The molecule has 1 fully saturated rings. The molecule has 0 saturated carbocycles. The van der Waals surface area contributed by atoms with Crippen molar-refractivity contribution in [3.8, 4) is 0 Å². The fraction of sp³-hybridized carbons (Fsp3) is 0.435. The van der Waals surface area contributed by atoms with E-state index < -0.39 is 0 Å². The third-order valence-electron chi connectivity index (χ3n) is 5.51. The first kappa shape index (κ1) is 19.6. The van der Waals surface area contributed by atoms with E-state index in [2.05, 4.69) is 31.2 Å². The fourth-order valence-electron chi connectivity index (χ4n) is 3.89. The molecule has 0 atom stereocenters. The summed E-state index contributed by atoms with van der Waals surface area (Å²) in [6.45, 7) is 6.20. The number of amides is 1. The molecule has 27 heavy (non-hydrogen) atoms. The summed E-state index contributed by atoms with van der Waals surface area (Å²) in [4.78, 5) is 16.4. The summed E-state index contributed by atoms with van der Waals surface area (Å²) in [6, 6.07) is 18.8. The van der Waals surface area contributed by atoms with E-state index in [-0.39, 0.29) is 18.4 Å². The van der Waals surface area contributed by atoms with Crippen LogP contribution in [0.4, 0.5) is 0 Å². The number of carbonyl (C=O) groups is 1. The van der Waals surface area contributed by atoms with E-state index in [1.54, 1.807) is 4.90 Å². The Morgan fingerprint density at radius 3 is 2.33 bits per heavy atom. The van der Waals surface area contributed by atoms with Crippen molar-refractivity contribution in [2.75, 3.05) is 26.2 Å². The number of likely N-dealkylation sites (tertiary alicyclic amines) is 1. The van der Waals surface area contributed by atoms with Crippen molar-refractivity contribution in [3.05, 3.63) is 71.3 Å². The minimum atomic E-state index is 0.0100. The second-order valence-electron chi connectivity index (χ2n) is 7.66. The van der Waals surface area contributed by atoms with Crippen molar-refractivity contribution in [1.29, 1.82) is 0 Å². The molecule has 1 amide bonds. The molecule has 0 spiro atoms. The van der Waals surface area contributed by atoms with Crippen LogP contribution in [0, 0.1) is 12.8 Å². The van der Waals surface area contributed by atoms with Crippen LogP contribution < -0.4 is 4.90 Å². The Hall–Kier alpha value is -2.17. The van der Waals surface area contributed by atoms with Crippen LogP contribution in [0.2, 0.25) is 0 Å². The highest BCUT2D eigenvalue weighted by Crippen LogP contribution is 2.16. The molecule has 2 aromatic rings. The van der Waals surface area contributed by atoms with E-state index in [1.165, 1.54) is 11.1 Å². The molecule has 4 nitrogen and oxygen atoms in total. The average molecular weight is 368 g/mol. The minimum Gasteiger partial charge on any atom is -0.395 e. The van der Waals surface area contributed by atoms with Crippen molar-refractivity contribution in [2.24, 2.45) is 5.92 Å². The maximum atomic E-state index is 13.0. The largest absolute Gasteiger partial charge is 0.395 e. The lowest BCUT2D eigenvalue weighted by Gasteiger charge is -2.32. The molecule has 1 aliphatic rings. The number of hydrogen-bond acceptors (Lipinski definition) is 2. The van der Waals surface area contributed by atoms with E-state index in [1.807, 2.05) is 35.2 Å². The number of nitrogens with zero attached hydrogens (tertiary/aromatic N) is 1. The number of aliphatic hydroxyl groups excluding tert-OH is 1. The summed E-state index contributed by atoms with van der Waals surface area (Å²) < 4.78 is 0. The number of benzene rings is 2. The van der Waals surface area contributed by atoms with Crippen molar-refractivity contribution in [2.45, 2.75) is 32.9 Å². The van der Waals surface area contributed by atoms with E-state index >= 15 is 0 Å². The topological polar surface area (TPSA) is 45.0 Å². The highest BCUT2D eigenvalue weighted by Gasteiger charge is 2.30. The summed E-state index contributed by atoms with van der Waals surface area (Å²) in [5.74, 6) is 0.282. The molecule has 2 aromatic carbocycles. The minimum absolute atomic E-state index is 0.0100. The molecule has 0 aliphatic carbocycles. The number of piperidine rings is 1. The second-order valence-corrected chi connectivity index (χ2v) is 7.66. The zero-order valence-corrected chi connectivity index (χ0v) is 16.2. The van der Waals surface area contributed by atoms with E-state index in [0.29, 0.717) is 13.1 Å². The van der Waals surface area contributed by atoms with Crippen molar-refractivity contribution in [3.63, 3.8) is 0 Å². The Balaban J connectivity index is 1.53. The van der Waals surface area contributed by atoms with Gasteiger partial charge in [-0.15, -0.1) is 0 Å². The smallest absolute Gasteiger partial charge is 0.226 e. The molecule has 3 rings (SSSR count). The van der Waals surface area contributed by atoms with Crippen LogP contribution >= 0.6 is 0 Å². The molecule has 1 saturated heterocycles. The van der Waals surface area contributed by atoms with E-state index in [9.17, 15) is 9.90 Å². The fourth-order valence-corrected chi connectivity index (χ4v) is 3.89. The number of rotatable bonds is 7. The molecule has 2 N–H and O–H groups in total. The van der Waals surface area contributed by atoms with Crippen LogP contribution in [-0.4, -0.2) is 42.2 Å². The molecule has 144 valence electrons. The molecular formula is C23H31N2O2+. The predicted molar refractivity (Wildman–Crippen MR) is 107 cm³/mol. The van der Waals surface area contributed by atoms with Gasteiger partial charge >= 0.3 is 0 Å². The SMILES string of the molecule is Cc1ccc(C[NH+]2CCC(C(=O)N(CCO)Cc3ccccc3)CC2)cc1. The van der Waals surface area contributed by atoms with Crippen LogP contribution in [0.3, 0.4) is 0 Å². The van der Waals surface area contributed by atoms with Gasteiger partial charge in [-0.25, -0.2) is 0 Å². The quantitative estimate of drug-likeness (QED) is 0.784. The monoisotopic (exact) mass is 367 g/mol. The van der Waals surface area contributed by atoms with Crippen molar-refractivity contribution < 1.29 is 14.8 Å². The number of carbonyl (C=O) groups excluding carboxylic acids is 1. The lowest BCUT2D eigenvalue weighted by Crippen LogP contribution is -3.11. The molecule has 0 radical (unpaired) electrons. The first-order valence-electron chi connectivity index (χ1n) is 9.98. The van der Waals surface area contributed by atoms with E-state index in [0.717, 1.165) is 38.0 Å². The summed E-state index contributed by atoms with van der Waals surface area (Å²) in [5.41, 5.74) is 3.77. The predicted octanol–water partition coefficient (Wildman–Crippen LogP) is 1.81. The first-order chi connectivity index (χ1) is 13.2. The van der Waals surface area contributed by atoms with Gasteiger partial charge in [0.2, 0.25) is 5.91 Å². The van der Waals surface area contributed by atoms with Gasteiger partial charge in [-0.05, 0) is 12.5 Å². The summed E-state index contributed by atoms with van der Waals surface area (Å²) in [7, 11) is 0. The lowest BCUT2D eigenvalue weighted by molar-refractivity contribution is -0.919. The van der Waals surface area contributed by atoms with Gasteiger partial charge in [0, 0.05) is 37.4 Å². The Kier molecular flexibility index (Phi) is 7.02. The van der Waals surface area contributed by atoms with Gasteiger partial charge in [0.05, 0.1) is 19.7 Å². The molecule has 0 bridgehead atoms. The molecule has 1 heterocycles. The zero-order valence-electron chi connectivity index (χ0n) is 16.2. The summed E-state index contributed by atoms with van der Waals surface area (Å²) >= 11 is 0. The van der Waals surface area contributed by atoms with Gasteiger partial charge in [-0.1, -0.05) is 60.2 Å². The van der Waals surface area contributed by atoms with Crippen LogP contribution in [0.15, 0.2) is 54.6 Å². The molecular weight excluding hydrogens is 336 g/mol. The number of hydrogen-bond donors (Lipinski definition) is 2. The van der Waals surface area contributed by atoms with Crippen LogP contribution in [0.5, 0.6) is 0 Å². The highest BCUT2D eigenvalue weighted by atomic mass is 16.3. The summed E-state index contributed by atoms with van der Waals surface area (Å²) in [5, 5.41) is 9.39. The van der Waals surface area contributed by atoms with E-state index in [4.69, 9.17) is 0 Å². The van der Waals surface area contributed by atoms with Gasteiger partial charge in [0.15, 0.2) is 0 Å². The average Bonchev–Trinajstić information content (AvgIpc) is 2.70. The van der Waals surface area contributed by atoms with Gasteiger partial charge in [0.25, 0.3) is 0 Å². The third-order valence-corrected chi connectivity index (χ3v) is 5.51. The molecule has 0 unspecified atom stereocenters. The summed E-state index contributed by atoms with van der Waals surface area (Å²) in [6.07, 6.45) is 1.85. The zero-order chi connectivity index (χ0) is 19.1. The molecule has 4 heteroatoms.